The SMILES string of the molecule is CCCCCCCCc1ccc(S(=O)(=O)O)cc1Oc1cccc([O-])c1.[Na+]. The molecule has 0 aliphatic heterocycles. The van der Waals surface area contributed by atoms with Crippen molar-refractivity contribution >= 4 is 10.1 Å². The van der Waals surface area contributed by atoms with E-state index in [0.29, 0.717) is 11.5 Å². The van der Waals surface area contributed by atoms with Crippen LogP contribution >= 0.6 is 0 Å². The minimum atomic E-state index is -4.32. The first-order valence-corrected chi connectivity index (χ1v) is 10.4. The van der Waals surface area contributed by atoms with Gasteiger partial charge in [-0.05, 0) is 36.6 Å². The quantitative estimate of drug-likeness (QED) is 0.373. The second-order valence-corrected chi connectivity index (χ2v) is 7.76. The predicted octanol–water partition coefficient (Wildman–Crippen LogP) is 1.71. The second kappa shape index (κ2) is 11.7. The molecule has 2 aromatic carbocycles. The molecule has 0 unspecified atom stereocenters. The van der Waals surface area contributed by atoms with E-state index in [1.807, 2.05) is 0 Å². The zero-order valence-corrected chi connectivity index (χ0v) is 18.8. The first-order valence-electron chi connectivity index (χ1n) is 8.95. The summed E-state index contributed by atoms with van der Waals surface area (Å²) in [6.07, 6.45) is 7.63. The van der Waals surface area contributed by atoms with Crippen LogP contribution in [0.2, 0.25) is 0 Å². The number of unbranched alkanes of at least 4 members (excludes halogenated alkanes) is 5. The molecule has 5 nitrogen and oxygen atoms in total. The molecule has 27 heavy (non-hydrogen) atoms. The normalized spacial score (nSPS) is 11.0. The molecule has 0 aromatic heterocycles. The van der Waals surface area contributed by atoms with Gasteiger partial charge < -0.3 is 9.84 Å². The van der Waals surface area contributed by atoms with Gasteiger partial charge in [-0.15, -0.1) is 5.75 Å². The fourth-order valence-electron chi connectivity index (χ4n) is 2.76. The van der Waals surface area contributed by atoms with Crippen LogP contribution in [0.5, 0.6) is 17.2 Å². The van der Waals surface area contributed by atoms with Crippen LogP contribution in [0.15, 0.2) is 47.4 Å². The van der Waals surface area contributed by atoms with E-state index >= 15 is 0 Å². The van der Waals surface area contributed by atoms with Gasteiger partial charge in [-0.2, -0.15) is 8.42 Å². The molecule has 0 radical (unpaired) electrons. The third-order valence-corrected chi connectivity index (χ3v) is 5.02. The summed E-state index contributed by atoms with van der Waals surface area (Å²) in [5.41, 5.74) is 0.851. The summed E-state index contributed by atoms with van der Waals surface area (Å²) in [7, 11) is -4.32. The van der Waals surface area contributed by atoms with Crippen molar-refractivity contribution in [2.75, 3.05) is 0 Å². The monoisotopic (exact) mass is 400 g/mol. The van der Waals surface area contributed by atoms with Crippen molar-refractivity contribution in [3.63, 3.8) is 0 Å². The van der Waals surface area contributed by atoms with Crippen molar-refractivity contribution in [2.24, 2.45) is 0 Å². The summed E-state index contributed by atoms with van der Waals surface area (Å²) in [5.74, 6) is 0.499. The Morgan fingerprint density at radius 3 is 2.37 bits per heavy atom. The Morgan fingerprint density at radius 2 is 1.70 bits per heavy atom. The molecule has 0 aliphatic rings. The van der Waals surface area contributed by atoms with Crippen molar-refractivity contribution in [1.29, 1.82) is 0 Å². The molecule has 0 atom stereocenters. The zero-order chi connectivity index (χ0) is 19.0. The molecule has 0 saturated carbocycles. The molecule has 7 heteroatoms. The Balaban J connectivity index is 0.00000364. The molecule has 2 aromatic rings. The number of aryl methyl sites for hydroxylation is 1. The number of ether oxygens (including phenoxy) is 1. The third kappa shape index (κ3) is 8.23. The van der Waals surface area contributed by atoms with Crippen molar-refractivity contribution in [2.45, 2.75) is 56.8 Å². The molecule has 0 fully saturated rings. The smallest absolute Gasteiger partial charge is 0.872 e. The number of hydrogen-bond donors (Lipinski definition) is 1. The molecule has 2 rings (SSSR count). The van der Waals surface area contributed by atoms with Gasteiger partial charge in [-0.1, -0.05) is 57.2 Å². The van der Waals surface area contributed by atoms with Gasteiger partial charge in [-0.3, -0.25) is 4.55 Å². The van der Waals surface area contributed by atoms with E-state index in [1.165, 1.54) is 49.9 Å². The van der Waals surface area contributed by atoms with E-state index in [4.69, 9.17) is 4.74 Å². The Labute approximate surface area is 183 Å². The Bertz CT molecular complexity index is 821. The molecule has 0 heterocycles. The molecule has 0 spiro atoms. The summed E-state index contributed by atoms with van der Waals surface area (Å²) < 4.78 is 37.9. The van der Waals surface area contributed by atoms with Crippen molar-refractivity contribution < 1.29 is 52.4 Å². The Kier molecular flexibility index (Phi) is 10.4. The van der Waals surface area contributed by atoms with Crippen LogP contribution in [0, 0.1) is 0 Å². The van der Waals surface area contributed by atoms with Crippen LogP contribution in [0.4, 0.5) is 0 Å². The third-order valence-electron chi connectivity index (χ3n) is 4.17. The molecule has 0 aliphatic carbocycles. The van der Waals surface area contributed by atoms with Gasteiger partial charge in [0.25, 0.3) is 10.1 Å². The van der Waals surface area contributed by atoms with Gasteiger partial charge in [0.2, 0.25) is 0 Å². The van der Waals surface area contributed by atoms with Gasteiger partial charge in [-0.25, -0.2) is 0 Å². The van der Waals surface area contributed by atoms with E-state index in [0.717, 1.165) is 24.8 Å². The fourth-order valence-corrected chi connectivity index (χ4v) is 3.25. The molecule has 0 bridgehead atoms. The topological polar surface area (TPSA) is 86.7 Å². The maximum absolute atomic E-state index is 11.5. The molecular formula is C20H25NaO5S. The van der Waals surface area contributed by atoms with Crippen LogP contribution in [0.25, 0.3) is 0 Å². The maximum Gasteiger partial charge on any atom is 1.00 e. The minimum absolute atomic E-state index is 0. The maximum atomic E-state index is 11.5. The first-order chi connectivity index (χ1) is 12.4. The summed E-state index contributed by atoms with van der Waals surface area (Å²) in [5, 5.41) is 11.5. The van der Waals surface area contributed by atoms with E-state index in [1.54, 1.807) is 18.2 Å². The molecule has 142 valence electrons. The fraction of sp³-hybridized carbons (Fsp3) is 0.400. The average Bonchev–Trinajstić information content (AvgIpc) is 2.58. The Hall–Kier alpha value is -1.05. The van der Waals surface area contributed by atoms with E-state index < -0.39 is 10.1 Å². The molecule has 0 saturated heterocycles. The van der Waals surface area contributed by atoms with E-state index in [-0.39, 0.29) is 40.2 Å². The van der Waals surface area contributed by atoms with Gasteiger partial charge in [0.15, 0.2) is 0 Å². The number of benzene rings is 2. The second-order valence-electron chi connectivity index (χ2n) is 6.34. The van der Waals surface area contributed by atoms with Crippen LogP contribution < -0.4 is 39.4 Å². The summed E-state index contributed by atoms with van der Waals surface area (Å²) in [4.78, 5) is -0.225. The molecule has 1 N–H and O–H groups in total. The summed E-state index contributed by atoms with van der Waals surface area (Å²) in [6, 6.07) is 10.3. The van der Waals surface area contributed by atoms with Crippen LogP contribution in [0.3, 0.4) is 0 Å². The van der Waals surface area contributed by atoms with Gasteiger partial charge in [0.05, 0.1) is 4.90 Å². The van der Waals surface area contributed by atoms with Crippen molar-refractivity contribution in [3.05, 3.63) is 48.0 Å². The zero-order valence-electron chi connectivity index (χ0n) is 16.0. The van der Waals surface area contributed by atoms with Crippen molar-refractivity contribution in [3.8, 4) is 17.2 Å². The first kappa shape index (κ1) is 24.0. The number of hydrogen-bond acceptors (Lipinski definition) is 4. The van der Waals surface area contributed by atoms with Crippen LogP contribution in [-0.2, 0) is 16.5 Å². The standard InChI is InChI=1S/C20H26O5S.Na/c1-2-3-4-5-6-7-9-16-12-13-19(26(22,23)24)15-20(16)25-18-11-8-10-17(21)14-18;/h8,10-15,21H,2-7,9H2,1H3,(H,22,23,24);/q;+1/p-1. The largest absolute Gasteiger partial charge is 1.00 e. The van der Waals surface area contributed by atoms with Crippen molar-refractivity contribution in [1.82, 2.24) is 0 Å². The van der Waals surface area contributed by atoms with Crippen LogP contribution in [-0.4, -0.2) is 13.0 Å². The molecular weight excluding hydrogens is 375 g/mol. The summed E-state index contributed by atoms with van der Waals surface area (Å²) in [6.45, 7) is 2.18. The minimum Gasteiger partial charge on any atom is -0.872 e. The average molecular weight is 400 g/mol. The van der Waals surface area contributed by atoms with E-state index in [2.05, 4.69) is 6.92 Å². The summed E-state index contributed by atoms with van der Waals surface area (Å²) >= 11 is 0. The predicted molar refractivity (Wildman–Crippen MR) is 99.3 cm³/mol. The van der Waals surface area contributed by atoms with Gasteiger partial charge in [0, 0.05) is 6.07 Å². The van der Waals surface area contributed by atoms with Crippen LogP contribution in [0.1, 0.15) is 51.0 Å². The van der Waals surface area contributed by atoms with E-state index in [9.17, 15) is 18.1 Å². The van der Waals surface area contributed by atoms with Gasteiger partial charge in [0.1, 0.15) is 11.5 Å². The van der Waals surface area contributed by atoms with Gasteiger partial charge >= 0.3 is 29.6 Å². The number of rotatable bonds is 10. The Morgan fingerprint density at radius 1 is 1.00 bits per heavy atom. The molecule has 0 amide bonds.